The average molecular weight is 232 g/mol. The van der Waals surface area contributed by atoms with E-state index < -0.39 is 18.2 Å². The molecule has 0 spiro atoms. The van der Waals surface area contributed by atoms with Gasteiger partial charge in [0, 0.05) is 24.8 Å². The Balaban J connectivity index is 2.03. The largest absolute Gasteiger partial charge is 0.432 e. The topological polar surface area (TPSA) is 33.3 Å². The van der Waals surface area contributed by atoms with Crippen LogP contribution in [0.25, 0.3) is 0 Å². The van der Waals surface area contributed by atoms with Gasteiger partial charge in [-0.3, -0.25) is 0 Å². The lowest BCUT2D eigenvalue weighted by Gasteiger charge is -2.29. The number of anilines is 1. The van der Waals surface area contributed by atoms with Gasteiger partial charge in [-0.2, -0.15) is 8.78 Å². The first-order chi connectivity index (χ1) is 7.65. The second-order valence-electron chi connectivity index (χ2n) is 3.52. The van der Waals surface area contributed by atoms with E-state index in [2.05, 4.69) is 15.4 Å². The molecule has 1 aromatic carbocycles. The summed E-state index contributed by atoms with van der Waals surface area (Å²) in [6.45, 7) is -1.38. The summed E-state index contributed by atoms with van der Waals surface area (Å²) in [6.07, 6.45) is 0. The maximum absolute atomic E-state index is 13.3. The van der Waals surface area contributed by atoms with Crippen molar-refractivity contribution in [2.75, 3.05) is 18.4 Å². The van der Waals surface area contributed by atoms with Gasteiger partial charge >= 0.3 is 6.61 Å². The van der Waals surface area contributed by atoms with E-state index >= 15 is 0 Å². The fourth-order valence-corrected chi connectivity index (χ4v) is 1.41. The van der Waals surface area contributed by atoms with E-state index in [0.29, 0.717) is 5.69 Å². The van der Waals surface area contributed by atoms with Gasteiger partial charge < -0.3 is 15.4 Å². The quantitative estimate of drug-likeness (QED) is 0.830. The highest BCUT2D eigenvalue weighted by Gasteiger charge is 2.17. The van der Waals surface area contributed by atoms with Gasteiger partial charge in [0.25, 0.3) is 0 Å². The number of rotatable bonds is 4. The summed E-state index contributed by atoms with van der Waals surface area (Å²) in [4.78, 5) is 0. The molecule has 1 fully saturated rings. The smallest absolute Gasteiger partial charge is 0.387 e. The summed E-state index contributed by atoms with van der Waals surface area (Å²) in [7, 11) is 0. The van der Waals surface area contributed by atoms with Crippen molar-refractivity contribution in [2.24, 2.45) is 0 Å². The van der Waals surface area contributed by atoms with Crippen molar-refractivity contribution >= 4 is 5.69 Å². The molecular weight excluding hydrogens is 221 g/mol. The lowest BCUT2D eigenvalue weighted by Crippen LogP contribution is -2.51. The summed E-state index contributed by atoms with van der Waals surface area (Å²) >= 11 is 0. The molecule has 1 aliphatic heterocycles. The Hall–Kier alpha value is -1.43. The number of ether oxygens (including phenoxy) is 1. The molecule has 3 nitrogen and oxygen atoms in total. The molecule has 1 heterocycles. The van der Waals surface area contributed by atoms with Gasteiger partial charge in [0.15, 0.2) is 11.6 Å². The third-order valence-corrected chi connectivity index (χ3v) is 2.30. The Labute approximate surface area is 90.6 Å². The highest BCUT2D eigenvalue weighted by molar-refractivity contribution is 5.48. The van der Waals surface area contributed by atoms with Gasteiger partial charge in [0.05, 0.1) is 6.04 Å². The van der Waals surface area contributed by atoms with Crippen LogP contribution in [0.15, 0.2) is 18.2 Å². The summed E-state index contributed by atoms with van der Waals surface area (Å²) in [6, 6.07) is 4.12. The van der Waals surface area contributed by atoms with Gasteiger partial charge in [-0.15, -0.1) is 0 Å². The lowest BCUT2D eigenvalue weighted by molar-refractivity contribution is -0.0521. The van der Waals surface area contributed by atoms with Crippen molar-refractivity contribution in [1.82, 2.24) is 5.32 Å². The first kappa shape index (κ1) is 11.1. The zero-order valence-electron chi connectivity index (χ0n) is 8.34. The molecule has 2 N–H and O–H groups in total. The van der Waals surface area contributed by atoms with Crippen LogP contribution < -0.4 is 15.4 Å². The first-order valence-electron chi connectivity index (χ1n) is 4.87. The number of hydrogen-bond acceptors (Lipinski definition) is 3. The molecule has 6 heteroatoms. The van der Waals surface area contributed by atoms with Crippen LogP contribution >= 0.6 is 0 Å². The molecule has 0 saturated carbocycles. The minimum atomic E-state index is -3.01. The van der Waals surface area contributed by atoms with E-state index in [4.69, 9.17) is 0 Å². The zero-order chi connectivity index (χ0) is 11.5. The van der Waals surface area contributed by atoms with Gasteiger partial charge in [0.2, 0.25) is 0 Å². The normalized spacial score (nSPS) is 16.0. The number of alkyl halides is 2. The molecule has 2 rings (SSSR count). The van der Waals surface area contributed by atoms with Crippen LogP contribution in [0.2, 0.25) is 0 Å². The van der Waals surface area contributed by atoms with Crippen molar-refractivity contribution in [3.63, 3.8) is 0 Å². The van der Waals surface area contributed by atoms with Crippen LogP contribution in [0, 0.1) is 5.82 Å². The minimum absolute atomic E-state index is 0.265. The van der Waals surface area contributed by atoms with Crippen molar-refractivity contribution < 1.29 is 17.9 Å². The highest BCUT2D eigenvalue weighted by atomic mass is 19.3. The number of benzene rings is 1. The molecule has 0 amide bonds. The molecule has 0 radical (unpaired) electrons. The van der Waals surface area contributed by atoms with Crippen LogP contribution in [0.3, 0.4) is 0 Å². The minimum Gasteiger partial charge on any atom is -0.432 e. The predicted molar refractivity (Wildman–Crippen MR) is 53.3 cm³/mol. The van der Waals surface area contributed by atoms with Crippen LogP contribution in [0.1, 0.15) is 0 Å². The molecule has 0 bridgehead atoms. The van der Waals surface area contributed by atoms with Crippen LogP contribution in [-0.4, -0.2) is 25.7 Å². The van der Waals surface area contributed by atoms with Gasteiger partial charge in [-0.25, -0.2) is 4.39 Å². The van der Waals surface area contributed by atoms with E-state index in [-0.39, 0.29) is 6.04 Å². The fourth-order valence-electron chi connectivity index (χ4n) is 1.41. The monoisotopic (exact) mass is 232 g/mol. The average Bonchev–Trinajstić information content (AvgIpc) is 2.15. The molecular formula is C10H11F3N2O. The molecule has 88 valence electrons. The van der Waals surface area contributed by atoms with Gasteiger partial charge in [-0.1, -0.05) is 0 Å². The van der Waals surface area contributed by atoms with Crippen molar-refractivity contribution in [3.05, 3.63) is 24.0 Å². The first-order valence-corrected chi connectivity index (χ1v) is 4.87. The Bertz CT molecular complexity index is 369. The summed E-state index contributed by atoms with van der Waals surface area (Å²) in [5.41, 5.74) is 0.561. The molecule has 0 aromatic heterocycles. The van der Waals surface area contributed by atoms with Crippen LogP contribution in [0.4, 0.5) is 18.9 Å². The lowest BCUT2D eigenvalue weighted by atomic mass is 10.1. The molecule has 1 aromatic rings. The number of nitrogens with one attached hydrogen (secondary N) is 2. The van der Waals surface area contributed by atoms with E-state index in [1.807, 2.05) is 0 Å². The second kappa shape index (κ2) is 4.61. The predicted octanol–water partition coefficient (Wildman–Crippen LogP) is 1.81. The summed E-state index contributed by atoms with van der Waals surface area (Å²) < 4.78 is 41.0. The summed E-state index contributed by atoms with van der Waals surface area (Å²) in [5.74, 6) is -1.23. The van der Waals surface area contributed by atoms with Crippen LogP contribution in [-0.2, 0) is 0 Å². The molecule has 0 unspecified atom stereocenters. The van der Waals surface area contributed by atoms with Crippen LogP contribution in [0.5, 0.6) is 5.75 Å². The molecule has 1 aliphatic rings. The Morgan fingerprint density at radius 1 is 1.38 bits per heavy atom. The third kappa shape index (κ3) is 2.57. The Morgan fingerprint density at radius 3 is 2.62 bits per heavy atom. The van der Waals surface area contributed by atoms with Crippen molar-refractivity contribution in [1.29, 1.82) is 0 Å². The van der Waals surface area contributed by atoms with E-state index in [0.717, 1.165) is 19.2 Å². The standard InChI is InChI=1S/C10H11F3N2O/c11-8-3-6(15-7-4-14-5-7)1-2-9(8)16-10(12)13/h1-3,7,10,14-15H,4-5H2. The second-order valence-corrected chi connectivity index (χ2v) is 3.52. The SMILES string of the molecule is Fc1cc(NC2CNC2)ccc1OC(F)F. The van der Waals surface area contributed by atoms with Crippen molar-refractivity contribution in [2.45, 2.75) is 12.7 Å². The zero-order valence-corrected chi connectivity index (χ0v) is 8.34. The van der Waals surface area contributed by atoms with Crippen molar-refractivity contribution in [3.8, 4) is 5.75 Å². The Morgan fingerprint density at radius 2 is 2.12 bits per heavy atom. The maximum Gasteiger partial charge on any atom is 0.387 e. The van der Waals surface area contributed by atoms with Gasteiger partial charge in [-0.05, 0) is 12.1 Å². The molecule has 0 aliphatic carbocycles. The Kier molecular flexibility index (Phi) is 3.19. The third-order valence-electron chi connectivity index (χ3n) is 2.30. The van der Waals surface area contributed by atoms with Gasteiger partial charge in [0.1, 0.15) is 0 Å². The fraction of sp³-hybridized carbons (Fsp3) is 0.400. The molecule has 0 atom stereocenters. The summed E-state index contributed by atoms with van der Waals surface area (Å²) in [5, 5.41) is 6.11. The van der Waals surface area contributed by atoms with E-state index in [1.54, 1.807) is 0 Å². The van der Waals surface area contributed by atoms with E-state index in [1.165, 1.54) is 12.1 Å². The highest BCUT2D eigenvalue weighted by Crippen LogP contribution is 2.23. The molecule has 16 heavy (non-hydrogen) atoms. The van der Waals surface area contributed by atoms with E-state index in [9.17, 15) is 13.2 Å². The maximum atomic E-state index is 13.3. The molecule has 1 saturated heterocycles. The number of halogens is 3. The number of hydrogen-bond donors (Lipinski definition) is 2.